The molecule has 5 rings (SSSR count). The number of aryl methyl sites for hydroxylation is 3. The van der Waals surface area contributed by atoms with Crippen molar-refractivity contribution in [3.63, 3.8) is 0 Å². The number of benzene rings is 3. The summed E-state index contributed by atoms with van der Waals surface area (Å²) in [6.07, 6.45) is 4.39. The lowest BCUT2D eigenvalue weighted by molar-refractivity contribution is -0.119. The first kappa shape index (κ1) is 22.8. The highest BCUT2D eigenvalue weighted by atomic mass is 16.5. The summed E-state index contributed by atoms with van der Waals surface area (Å²) >= 11 is 0. The van der Waals surface area contributed by atoms with Crippen LogP contribution < -0.4 is 10.6 Å². The van der Waals surface area contributed by atoms with Crippen LogP contribution in [0.2, 0.25) is 0 Å². The fraction of sp³-hybridized carbons (Fsp3) is 0.250. The zero-order chi connectivity index (χ0) is 24.2. The summed E-state index contributed by atoms with van der Waals surface area (Å²) < 4.78 is 6.94. The van der Waals surface area contributed by atoms with Crippen molar-refractivity contribution in [2.45, 2.75) is 31.8 Å². The third-order valence-corrected chi connectivity index (χ3v) is 6.44. The minimum absolute atomic E-state index is 0.0406. The zero-order valence-corrected chi connectivity index (χ0v) is 19.7. The molecule has 7 nitrogen and oxygen atoms in total. The molecule has 2 amide bonds. The molecule has 1 aliphatic carbocycles. The molecule has 0 saturated heterocycles. The Bertz CT molecular complexity index is 1360. The van der Waals surface area contributed by atoms with Crippen molar-refractivity contribution in [1.82, 2.24) is 14.9 Å². The first-order chi connectivity index (χ1) is 17.1. The predicted octanol–water partition coefficient (Wildman–Crippen LogP) is 4.28. The number of amides is 2. The minimum atomic E-state index is -0.286. The van der Waals surface area contributed by atoms with Crippen LogP contribution in [-0.2, 0) is 28.9 Å². The average Bonchev–Trinajstić information content (AvgIpc) is 3.47. The van der Waals surface area contributed by atoms with Gasteiger partial charge in [0.25, 0.3) is 5.91 Å². The number of imidazole rings is 1. The quantitative estimate of drug-likeness (QED) is 0.404. The summed E-state index contributed by atoms with van der Waals surface area (Å²) in [6.45, 7) is 0.617. The van der Waals surface area contributed by atoms with E-state index in [2.05, 4.69) is 39.9 Å². The van der Waals surface area contributed by atoms with Gasteiger partial charge in [-0.05, 0) is 48.1 Å². The molecule has 4 aromatic rings. The molecule has 1 atom stereocenters. The topological polar surface area (TPSA) is 85.2 Å². The first-order valence-corrected chi connectivity index (χ1v) is 11.8. The number of hydrogen-bond donors (Lipinski definition) is 2. The molecule has 2 N–H and O–H groups in total. The van der Waals surface area contributed by atoms with E-state index in [1.807, 2.05) is 34.9 Å². The maximum atomic E-state index is 13.6. The molecule has 0 radical (unpaired) electrons. The van der Waals surface area contributed by atoms with E-state index in [0.29, 0.717) is 23.3 Å². The third-order valence-electron chi connectivity index (χ3n) is 6.44. The number of carbonyl (C=O) groups excluding carboxylic acids is 2. The van der Waals surface area contributed by atoms with Gasteiger partial charge < -0.3 is 19.9 Å². The molecule has 1 heterocycles. The maximum absolute atomic E-state index is 13.6. The molecule has 0 spiro atoms. The fourth-order valence-corrected chi connectivity index (χ4v) is 4.79. The number of methoxy groups -OCH3 is 1. The summed E-state index contributed by atoms with van der Waals surface area (Å²) in [6, 6.07) is 21.9. The lowest BCUT2D eigenvalue weighted by Crippen LogP contribution is -2.28. The number of aromatic nitrogens is 2. The van der Waals surface area contributed by atoms with Crippen molar-refractivity contribution >= 4 is 28.5 Å². The number of fused-ring (bicyclic) bond motifs is 2. The standard InChI is InChI=1S/C28H28N4O3/c1-35-17-26(33)30-21-15-23(28(34)31-24-12-11-20-9-5-6-10-22(20)24)27-25(16-21)29-18-32(27)14-13-19-7-3-2-4-8-19/h2-10,15-16,18,24H,11-14,17H2,1H3,(H,30,33)(H,31,34)/t24-/m0/s1. The first-order valence-electron chi connectivity index (χ1n) is 11.8. The second-order valence-electron chi connectivity index (χ2n) is 8.81. The number of rotatable bonds is 8. The van der Waals surface area contributed by atoms with Gasteiger partial charge in [-0.2, -0.15) is 0 Å². The van der Waals surface area contributed by atoms with Crippen LogP contribution in [-0.4, -0.2) is 35.1 Å². The Hall–Kier alpha value is -3.97. The van der Waals surface area contributed by atoms with E-state index >= 15 is 0 Å². The largest absolute Gasteiger partial charge is 0.375 e. The molecule has 7 heteroatoms. The maximum Gasteiger partial charge on any atom is 0.254 e. The Kier molecular flexibility index (Phi) is 6.59. The fourth-order valence-electron chi connectivity index (χ4n) is 4.79. The van der Waals surface area contributed by atoms with Crippen molar-refractivity contribution in [2.75, 3.05) is 19.0 Å². The van der Waals surface area contributed by atoms with Crippen molar-refractivity contribution in [3.05, 3.63) is 95.3 Å². The number of nitrogens with one attached hydrogen (secondary N) is 2. The van der Waals surface area contributed by atoms with Crippen LogP contribution in [0.4, 0.5) is 5.69 Å². The summed E-state index contributed by atoms with van der Waals surface area (Å²) in [7, 11) is 1.47. The summed E-state index contributed by atoms with van der Waals surface area (Å²) in [5, 5.41) is 6.04. The van der Waals surface area contributed by atoms with Crippen LogP contribution >= 0.6 is 0 Å². The van der Waals surface area contributed by atoms with E-state index in [0.717, 1.165) is 24.8 Å². The van der Waals surface area contributed by atoms with Crippen LogP contribution in [0.1, 0.15) is 39.5 Å². The van der Waals surface area contributed by atoms with Crippen molar-refractivity contribution < 1.29 is 14.3 Å². The second kappa shape index (κ2) is 10.1. The number of hydrogen-bond acceptors (Lipinski definition) is 4. The second-order valence-corrected chi connectivity index (χ2v) is 8.81. The van der Waals surface area contributed by atoms with E-state index < -0.39 is 0 Å². The monoisotopic (exact) mass is 468 g/mol. The Morgan fingerprint density at radius 2 is 1.89 bits per heavy atom. The molecule has 3 aromatic carbocycles. The molecule has 1 aliphatic rings. The van der Waals surface area contributed by atoms with Gasteiger partial charge in [0.2, 0.25) is 5.91 Å². The van der Waals surface area contributed by atoms with Gasteiger partial charge in [-0.15, -0.1) is 0 Å². The zero-order valence-electron chi connectivity index (χ0n) is 19.7. The summed E-state index contributed by atoms with van der Waals surface area (Å²) in [4.78, 5) is 30.3. The highest BCUT2D eigenvalue weighted by Crippen LogP contribution is 2.32. The van der Waals surface area contributed by atoms with Gasteiger partial charge in [-0.1, -0.05) is 54.6 Å². The molecule has 0 unspecified atom stereocenters. The van der Waals surface area contributed by atoms with Crippen LogP contribution in [0.5, 0.6) is 0 Å². The highest BCUT2D eigenvalue weighted by molar-refractivity contribution is 6.07. The van der Waals surface area contributed by atoms with E-state index in [9.17, 15) is 9.59 Å². The number of nitrogens with zero attached hydrogens (tertiary/aromatic N) is 2. The molecule has 1 aromatic heterocycles. The normalized spacial score (nSPS) is 14.6. The highest BCUT2D eigenvalue weighted by Gasteiger charge is 2.25. The SMILES string of the molecule is COCC(=O)Nc1cc(C(=O)N[C@H]2CCc3ccccc32)c2c(c1)ncn2CCc1ccccc1. The van der Waals surface area contributed by atoms with Gasteiger partial charge in [-0.25, -0.2) is 4.98 Å². The lowest BCUT2D eigenvalue weighted by atomic mass is 10.1. The van der Waals surface area contributed by atoms with Gasteiger partial charge in [0, 0.05) is 19.3 Å². The lowest BCUT2D eigenvalue weighted by Gasteiger charge is -2.16. The van der Waals surface area contributed by atoms with Gasteiger partial charge in [-0.3, -0.25) is 9.59 Å². The van der Waals surface area contributed by atoms with Gasteiger partial charge in [0.1, 0.15) is 6.61 Å². The summed E-state index contributed by atoms with van der Waals surface area (Å²) in [5.41, 5.74) is 6.08. The van der Waals surface area contributed by atoms with Gasteiger partial charge in [0.05, 0.1) is 29.0 Å². The van der Waals surface area contributed by atoms with Crippen molar-refractivity contribution in [3.8, 4) is 0 Å². The van der Waals surface area contributed by atoms with E-state index in [-0.39, 0.29) is 24.5 Å². The average molecular weight is 469 g/mol. The Morgan fingerprint density at radius 1 is 1.09 bits per heavy atom. The van der Waals surface area contributed by atoms with Crippen molar-refractivity contribution in [2.24, 2.45) is 0 Å². The van der Waals surface area contributed by atoms with E-state index in [4.69, 9.17) is 4.74 Å². The van der Waals surface area contributed by atoms with Crippen LogP contribution in [0, 0.1) is 0 Å². The molecule has 35 heavy (non-hydrogen) atoms. The molecule has 0 bridgehead atoms. The number of anilines is 1. The molecular weight excluding hydrogens is 440 g/mol. The number of carbonyl (C=O) groups is 2. The molecule has 0 saturated carbocycles. The number of ether oxygens (including phenoxy) is 1. The van der Waals surface area contributed by atoms with Crippen molar-refractivity contribution in [1.29, 1.82) is 0 Å². The van der Waals surface area contributed by atoms with Gasteiger partial charge in [0.15, 0.2) is 0 Å². The Labute approximate surface area is 204 Å². The molecule has 0 fully saturated rings. The summed E-state index contributed by atoms with van der Waals surface area (Å²) in [5.74, 6) is -0.465. The smallest absolute Gasteiger partial charge is 0.254 e. The Balaban J connectivity index is 1.47. The van der Waals surface area contributed by atoms with Crippen LogP contribution in [0.15, 0.2) is 73.1 Å². The van der Waals surface area contributed by atoms with Crippen LogP contribution in [0.3, 0.4) is 0 Å². The van der Waals surface area contributed by atoms with E-state index in [1.165, 1.54) is 23.8 Å². The predicted molar refractivity (Wildman–Crippen MR) is 135 cm³/mol. The van der Waals surface area contributed by atoms with Crippen LogP contribution in [0.25, 0.3) is 11.0 Å². The molecule has 0 aliphatic heterocycles. The Morgan fingerprint density at radius 3 is 2.71 bits per heavy atom. The third kappa shape index (κ3) is 4.95. The van der Waals surface area contributed by atoms with Gasteiger partial charge >= 0.3 is 0 Å². The molecule has 178 valence electrons. The molecular formula is C28H28N4O3. The van der Waals surface area contributed by atoms with E-state index in [1.54, 1.807) is 18.5 Å². The minimum Gasteiger partial charge on any atom is -0.375 e.